The van der Waals surface area contributed by atoms with Crippen molar-refractivity contribution in [2.75, 3.05) is 34.4 Å². The highest BCUT2D eigenvalue weighted by molar-refractivity contribution is 5.79. The van der Waals surface area contributed by atoms with E-state index >= 15 is 0 Å². The summed E-state index contributed by atoms with van der Waals surface area (Å²) in [4.78, 5) is 4.73. The molecule has 0 aliphatic rings. The van der Waals surface area contributed by atoms with Gasteiger partial charge in [0.25, 0.3) is 0 Å². The molecule has 8 nitrogen and oxygen atoms in total. The molecule has 1 aromatic carbocycles. The number of methoxy groups -OCH3 is 3. The number of hydrogen-bond acceptors (Lipinski definition) is 6. The Balaban J connectivity index is 2.09. The normalized spacial score (nSPS) is 11.3. The topological polar surface area (TPSA) is 90.1 Å². The number of nitrogens with one attached hydrogen (secondary N) is 2. The number of guanidine groups is 1. The number of hydrogen-bond donors (Lipinski definition) is 2. The van der Waals surface area contributed by atoms with Gasteiger partial charge in [-0.05, 0) is 25.8 Å². The maximum absolute atomic E-state index is 5.57. The predicted octanol–water partition coefficient (Wildman–Crippen LogP) is 3.12. The number of nitrogens with zero attached hydrogens (tertiary/aromatic N) is 2. The zero-order valence-electron chi connectivity index (χ0n) is 18.9. The van der Waals surface area contributed by atoms with Gasteiger partial charge in [-0.3, -0.25) is 0 Å². The molecule has 0 aliphatic carbocycles. The Morgan fingerprint density at radius 1 is 1.00 bits per heavy atom. The van der Waals surface area contributed by atoms with E-state index in [-0.39, 0.29) is 0 Å². The van der Waals surface area contributed by atoms with Crippen molar-refractivity contribution in [1.29, 1.82) is 0 Å². The number of rotatable bonds is 11. The van der Waals surface area contributed by atoms with Gasteiger partial charge >= 0.3 is 0 Å². The fourth-order valence-corrected chi connectivity index (χ4v) is 3.29. The molecule has 2 N–H and O–H groups in total. The Kier molecular flexibility index (Phi) is 9.31. The summed E-state index contributed by atoms with van der Waals surface area (Å²) >= 11 is 0. The summed E-state index contributed by atoms with van der Waals surface area (Å²) in [7, 11) is 4.86. The molecule has 2 rings (SSSR count). The molecule has 2 aromatic rings. The van der Waals surface area contributed by atoms with Crippen molar-refractivity contribution in [1.82, 2.24) is 15.8 Å². The molecular weight excluding hydrogens is 384 g/mol. The Hall–Kier alpha value is -2.90. The Morgan fingerprint density at radius 2 is 1.77 bits per heavy atom. The molecule has 1 aromatic heterocycles. The average molecular weight is 419 g/mol. The molecule has 1 heterocycles. The van der Waals surface area contributed by atoms with Crippen molar-refractivity contribution in [2.24, 2.45) is 4.99 Å². The summed E-state index contributed by atoms with van der Waals surface area (Å²) in [6.45, 7) is 8.17. The summed E-state index contributed by atoms with van der Waals surface area (Å²) in [6.07, 6.45) is 2.37. The summed E-state index contributed by atoms with van der Waals surface area (Å²) < 4.78 is 21.8. The minimum absolute atomic E-state index is 0.533. The van der Waals surface area contributed by atoms with Crippen LogP contribution in [0, 0.1) is 0 Å². The van der Waals surface area contributed by atoms with E-state index in [2.05, 4.69) is 29.6 Å². The second kappa shape index (κ2) is 11.9. The molecular formula is C22H34N4O4. The third-order valence-electron chi connectivity index (χ3n) is 4.82. The average Bonchev–Trinajstić information content (AvgIpc) is 3.18. The second-order valence-electron chi connectivity index (χ2n) is 6.60. The van der Waals surface area contributed by atoms with E-state index in [1.165, 1.54) is 0 Å². The van der Waals surface area contributed by atoms with Gasteiger partial charge in [0.2, 0.25) is 5.75 Å². The fraction of sp³-hybridized carbons (Fsp3) is 0.545. The van der Waals surface area contributed by atoms with Gasteiger partial charge in [-0.2, -0.15) is 0 Å². The van der Waals surface area contributed by atoms with Crippen molar-refractivity contribution in [2.45, 2.75) is 46.6 Å². The Labute approximate surface area is 179 Å². The molecule has 0 spiro atoms. The van der Waals surface area contributed by atoms with Gasteiger partial charge in [-0.15, -0.1) is 0 Å². The van der Waals surface area contributed by atoms with Crippen LogP contribution in [0.25, 0.3) is 0 Å². The monoisotopic (exact) mass is 418 g/mol. The maximum Gasteiger partial charge on any atom is 0.203 e. The molecule has 8 heteroatoms. The molecule has 0 unspecified atom stereocenters. The fourth-order valence-electron chi connectivity index (χ4n) is 3.29. The van der Waals surface area contributed by atoms with Crippen LogP contribution >= 0.6 is 0 Å². The van der Waals surface area contributed by atoms with Crippen molar-refractivity contribution in [3.8, 4) is 17.2 Å². The summed E-state index contributed by atoms with van der Waals surface area (Å²) in [6, 6.07) is 3.88. The molecule has 0 fully saturated rings. The van der Waals surface area contributed by atoms with Crippen LogP contribution in [0.2, 0.25) is 0 Å². The molecule has 0 aliphatic heterocycles. The van der Waals surface area contributed by atoms with E-state index in [0.29, 0.717) is 30.3 Å². The summed E-state index contributed by atoms with van der Waals surface area (Å²) in [5.74, 6) is 3.59. The van der Waals surface area contributed by atoms with Crippen molar-refractivity contribution >= 4 is 5.96 Å². The zero-order chi connectivity index (χ0) is 21.9. The lowest BCUT2D eigenvalue weighted by atomic mass is 10.1. The molecule has 0 bridgehead atoms. The van der Waals surface area contributed by atoms with Crippen LogP contribution in [0.3, 0.4) is 0 Å². The molecule has 0 saturated carbocycles. The summed E-state index contributed by atoms with van der Waals surface area (Å²) in [5.41, 5.74) is 3.08. The second-order valence-corrected chi connectivity index (χ2v) is 6.60. The first-order chi connectivity index (χ1) is 14.6. The van der Waals surface area contributed by atoms with Crippen molar-refractivity contribution in [3.05, 3.63) is 34.7 Å². The number of benzene rings is 1. The van der Waals surface area contributed by atoms with Gasteiger partial charge in [-0.25, -0.2) is 4.99 Å². The molecule has 0 radical (unpaired) electrons. The lowest BCUT2D eigenvalue weighted by Crippen LogP contribution is -2.38. The van der Waals surface area contributed by atoms with E-state index in [1.807, 2.05) is 19.1 Å². The quantitative estimate of drug-likeness (QED) is 0.428. The number of aromatic nitrogens is 1. The van der Waals surface area contributed by atoms with Crippen molar-refractivity contribution in [3.63, 3.8) is 0 Å². The molecule has 0 saturated heterocycles. The van der Waals surface area contributed by atoms with Crippen LogP contribution in [0.1, 0.15) is 43.4 Å². The van der Waals surface area contributed by atoms with Gasteiger partial charge in [0.15, 0.2) is 17.5 Å². The minimum atomic E-state index is 0.533. The van der Waals surface area contributed by atoms with Crippen LogP contribution < -0.4 is 24.8 Å². The van der Waals surface area contributed by atoms with Crippen LogP contribution in [0.5, 0.6) is 17.2 Å². The SMILES string of the molecule is CCNC(=NCc1c(CC)noc1CC)NCCc1ccc(OC)c(OC)c1OC. The lowest BCUT2D eigenvalue weighted by Gasteiger charge is -2.16. The minimum Gasteiger partial charge on any atom is -0.493 e. The van der Waals surface area contributed by atoms with E-state index in [0.717, 1.165) is 54.3 Å². The van der Waals surface area contributed by atoms with Crippen LogP contribution in [-0.4, -0.2) is 45.5 Å². The highest BCUT2D eigenvalue weighted by Crippen LogP contribution is 2.39. The Morgan fingerprint density at radius 3 is 2.37 bits per heavy atom. The van der Waals surface area contributed by atoms with E-state index in [9.17, 15) is 0 Å². The molecule has 166 valence electrons. The highest BCUT2D eigenvalue weighted by Gasteiger charge is 2.16. The van der Waals surface area contributed by atoms with Crippen LogP contribution in [0.15, 0.2) is 21.6 Å². The van der Waals surface area contributed by atoms with Crippen molar-refractivity contribution < 1.29 is 18.7 Å². The van der Waals surface area contributed by atoms with Gasteiger partial charge in [0.1, 0.15) is 5.76 Å². The predicted molar refractivity (Wildman–Crippen MR) is 118 cm³/mol. The first-order valence-electron chi connectivity index (χ1n) is 10.4. The lowest BCUT2D eigenvalue weighted by molar-refractivity contribution is 0.322. The first-order valence-corrected chi connectivity index (χ1v) is 10.4. The van der Waals surface area contributed by atoms with Gasteiger partial charge < -0.3 is 29.4 Å². The Bertz CT molecular complexity index is 811. The highest BCUT2D eigenvalue weighted by atomic mass is 16.5. The zero-order valence-corrected chi connectivity index (χ0v) is 18.9. The van der Waals surface area contributed by atoms with Crippen LogP contribution in [0.4, 0.5) is 0 Å². The third kappa shape index (κ3) is 5.58. The van der Waals surface area contributed by atoms with E-state index < -0.39 is 0 Å². The standard InChI is InChI=1S/C22H34N4O4/c1-7-17-16(18(8-2)30-26-17)14-25-22(23-9-3)24-13-12-15-10-11-19(27-4)21(29-6)20(15)28-5/h10-11H,7-9,12-14H2,1-6H3,(H2,23,24,25). The number of ether oxygens (including phenoxy) is 3. The summed E-state index contributed by atoms with van der Waals surface area (Å²) in [5, 5.41) is 10.8. The van der Waals surface area contributed by atoms with Crippen LogP contribution in [-0.2, 0) is 25.8 Å². The van der Waals surface area contributed by atoms with Gasteiger partial charge in [-0.1, -0.05) is 25.1 Å². The molecule has 30 heavy (non-hydrogen) atoms. The number of aliphatic imine (C=N–C) groups is 1. The largest absolute Gasteiger partial charge is 0.493 e. The van der Waals surface area contributed by atoms with E-state index in [4.69, 9.17) is 23.7 Å². The van der Waals surface area contributed by atoms with Gasteiger partial charge in [0, 0.05) is 30.6 Å². The third-order valence-corrected chi connectivity index (χ3v) is 4.82. The smallest absolute Gasteiger partial charge is 0.203 e. The molecule has 0 amide bonds. The first kappa shape index (κ1) is 23.4. The molecule has 0 atom stereocenters. The number of aryl methyl sites for hydroxylation is 2. The van der Waals surface area contributed by atoms with Gasteiger partial charge in [0.05, 0.1) is 33.6 Å². The maximum atomic E-state index is 5.57. The van der Waals surface area contributed by atoms with E-state index in [1.54, 1.807) is 21.3 Å².